The number of rotatable bonds is 5. The largest absolute Gasteiger partial charge is 0.340 e. The number of halogens is 1. The Morgan fingerprint density at radius 1 is 1.36 bits per heavy atom. The third kappa shape index (κ3) is 4.22. The second-order valence-electron chi connectivity index (χ2n) is 6.17. The van der Waals surface area contributed by atoms with E-state index in [9.17, 15) is 8.42 Å². The van der Waals surface area contributed by atoms with Gasteiger partial charge in [0, 0.05) is 29.5 Å². The van der Waals surface area contributed by atoms with E-state index in [0.29, 0.717) is 29.8 Å². The summed E-state index contributed by atoms with van der Waals surface area (Å²) in [5.74, 6) is 1.58. The van der Waals surface area contributed by atoms with Gasteiger partial charge in [-0.25, -0.2) is 13.4 Å². The minimum atomic E-state index is -2.96. The summed E-state index contributed by atoms with van der Waals surface area (Å²) in [6, 6.07) is 7.34. The van der Waals surface area contributed by atoms with Gasteiger partial charge in [-0.2, -0.15) is 4.98 Å². The van der Waals surface area contributed by atoms with Crippen molar-refractivity contribution < 1.29 is 8.42 Å². The average molecular weight is 381 g/mol. The highest BCUT2D eigenvalue weighted by atomic mass is 35.5. The summed E-state index contributed by atoms with van der Waals surface area (Å²) in [5, 5.41) is 3.91. The molecule has 2 heterocycles. The molecule has 25 heavy (non-hydrogen) atoms. The maximum atomic E-state index is 11.8. The minimum absolute atomic E-state index is 0.0712. The number of nitrogens with one attached hydrogen (secondary N) is 1. The first kappa shape index (κ1) is 17.9. The van der Waals surface area contributed by atoms with Gasteiger partial charge in [0.05, 0.1) is 11.5 Å². The van der Waals surface area contributed by atoms with Gasteiger partial charge >= 0.3 is 0 Å². The normalized spacial score (nSPS) is 18.9. The Morgan fingerprint density at radius 3 is 2.84 bits per heavy atom. The molecule has 0 radical (unpaired) electrons. The number of aryl methyl sites for hydroxylation is 1. The van der Waals surface area contributed by atoms with Crippen LogP contribution in [0.2, 0.25) is 5.02 Å². The number of benzene rings is 1. The van der Waals surface area contributed by atoms with Gasteiger partial charge < -0.3 is 10.2 Å². The number of hydrogen-bond donors (Lipinski definition) is 1. The van der Waals surface area contributed by atoms with Gasteiger partial charge in [-0.15, -0.1) is 0 Å². The zero-order valence-corrected chi connectivity index (χ0v) is 15.8. The van der Waals surface area contributed by atoms with Crippen LogP contribution in [0.4, 0.5) is 17.5 Å². The molecule has 1 aliphatic heterocycles. The van der Waals surface area contributed by atoms with Crippen molar-refractivity contribution in [1.82, 2.24) is 9.97 Å². The van der Waals surface area contributed by atoms with Gasteiger partial charge in [-0.3, -0.25) is 0 Å². The molecule has 1 saturated heterocycles. The third-order valence-corrected chi connectivity index (χ3v) is 6.34. The summed E-state index contributed by atoms with van der Waals surface area (Å²) in [6.07, 6.45) is 2.29. The molecular formula is C17H21ClN4O2S. The molecule has 1 aliphatic rings. The van der Waals surface area contributed by atoms with Crippen LogP contribution < -0.4 is 10.2 Å². The molecule has 0 bridgehead atoms. The van der Waals surface area contributed by atoms with Gasteiger partial charge in [0.15, 0.2) is 9.84 Å². The molecule has 134 valence electrons. The van der Waals surface area contributed by atoms with Crippen LogP contribution in [-0.2, 0) is 9.84 Å². The van der Waals surface area contributed by atoms with E-state index in [4.69, 9.17) is 11.6 Å². The topological polar surface area (TPSA) is 75.2 Å². The molecular weight excluding hydrogens is 360 g/mol. The van der Waals surface area contributed by atoms with Gasteiger partial charge in [0.25, 0.3) is 0 Å². The van der Waals surface area contributed by atoms with E-state index in [-0.39, 0.29) is 17.5 Å². The molecule has 0 saturated carbocycles. The van der Waals surface area contributed by atoms with E-state index < -0.39 is 9.84 Å². The van der Waals surface area contributed by atoms with Crippen LogP contribution in [0.5, 0.6) is 0 Å². The molecule has 3 rings (SSSR count). The van der Waals surface area contributed by atoms with Crippen LogP contribution in [0.3, 0.4) is 0 Å². The fraction of sp³-hybridized carbons (Fsp3) is 0.412. The van der Waals surface area contributed by atoms with Gasteiger partial charge in [-0.1, -0.05) is 17.7 Å². The van der Waals surface area contributed by atoms with E-state index in [0.717, 1.165) is 11.3 Å². The van der Waals surface area contributed by atoms with E-state index >= 15 is 0 Å². The summed E-state index contributed by atoms with van der Waals surface area (Å²) in [5.41, 5.74) is 1.93. The molecule has 0 aliphatic carbocycles. The van der Waals surface area contributed by atoms with Gasteiger partial charge in [-0.05, 0) is 44.0 Å². The Morgan fingerprint density at radius 2 is 2.16 bits per heavy atom. The third-order valence-electron chi connectivity index (χ3n) is 4.35. The Bertz CT molecular complexity index is 873. The quantitative estimate of drug-likeness (QED) is 0.858. The minimum Gasteiger partial charge on any atom is -0.340 e. The highest BCUT2D eigenvalue weighted by molar-refractivity contribution is 7.91. The molecule has 0 spiro atoms. The van der Waals surface area contributed by atoms with E-state index in [1.807, 2.05) is 36.9 Å². The molecule has 1 N–H and O–H groups in total. The number of hydrogen-bond acceptors (Lipinski definition) is 6. The van der Waals surface area contributed by atoms with Gasteiger partial charge in [0.1, 0.15) is 5.82 Å². The van der Waals surface area contributed by atoms with Crippen molar-refractivity contribution in [1.29, 1.82) is 0 Å². The number of nitrogens with zero attached hydrogens (tertiary/aromatic N) is 3. The summed E-state index contributed by atoms with van der Waals surface area (Å²) >= 11 is 6.06. The van der Waals surface area contributed by atoms with Crippen LogP contribution in [0.15, 0.2) is 30.5 Å². The first-order valence-corrected chi connectivity index (χ1v) is 10.4. The lowest BCUT2D eigenvalue weighted by molar-refractivity contribution is 0.599. The summed E-state index contributed by atoms with van der Waals surface area (Å²) in [4.78, 5) is 10.9. The lowest BCUT2D eigenvalue weighted by Crippen LogP contribution is -2.37. The van der Waals surface area contributed by atoms with Crippen molar-refractivity contribution in [2.45, 2.75) is 26.3 Å². The van der Waals surface area contributed by atoms with Crippen molar-refractivity contribution >= 4 is 38.9 Å². The SMILES string of the molecule is CCN(c1nccc(Nc2cc(Cl)ccc2C)n1)C1CCS(=O)(=O)C1. The smallest absolute Gasteiger partial charge is 0.227 e. The maximum Gasteiger partial charge on any atom is 0.227 e. The van der Waals surface area contributed by atoms with Crippen molar-refractivity contribution in [2.75, 3.05) is 28.3 Å². The molecule has 1 atom stereocenters. The molecule has 6 nitrogen and oxygen atoms in total. The van der Waals surface area contributed by atoms with E-state index in [2.05, 4.69) is 15.3 Å². The maximum absolute atomic E-state index is 11.8. The van der Waals surface area contributed by atoms with E-state index in [1.54, 1.807) is 12.3 Å². The highest BCUT2D eigenvalue weighted by Gasteiger charge is 2.32. The molecule has 1 unspecified atom stereocenters. The fourth-order valence-corrected chi connectivity index (χ4v) is 4.91. The molecule has 1 aromatic heterocycles. The second kappa shape index (κ2) is 7.17. The predicted octanol–water partition coefficient (Wildman–Crippen LogP) is 3.20. The van der Waals surface area contributed by atoms with Crippen molar-refractivity contribution in [3.63, 3.8) is 0 Å². The molecule has 2 aromatic rings. The Kier molecular flexibility index (Phi) is 5.15. The molecule has 8 heteroatoms. The summed E-state index contributed by atoms with van der Waals surface area (Å²) < 4.78 is 23.6. The zero-order chi connectivity index (χ0) is 18.0. The molecule has 1 fully saturated rings. The standard InChI is InChI=1S/C17H21ClN4O2S/c1-3-22(14-7-9-25(23,24)11-14)17-19-8-6-16(21-17)20-15-10-13(18)5-4-12(15)2/h4-6,8,10,14H,3,7,9,11H2,1-2H3,(H,19,20,21). The number of sulfone groups is 1. The van der Waals surface area contributed by atoms with Crippen molar-refractivity contribution in [3.05, 3.63) is 41.0 Å². The predicted molar refractivity (Wildman–Crippen MR) is 102 cm³/mol. The van der Waals surface area contributed by atoms with Crippen LogP contribution in [0.25, 0.3) is 0 Å². The van der Waals surface area contributed by atoms with E-state index in [1.165, 1.54) is 0 Å². The Balaban J connectivity index is 1.84. The summed E-state index contributed by atoms with van der Waals surface area (Å²) in [7, 11) is -2.96. The first-order valence-electron chi connectivity index (χ1n) is 8.21. The van der Waals surface area contributed by atoms with Crippen molar-refractivity contribution in [2.24, 2.45) is 0 Å². The van der Waals surface area contributed by atoms with Crippen LogP contribution in [-0.4, -0.2) is 42.5 Å². The van der Waals surface area contributed by atoms with Gasteiger partial charge in [0.2, 0.25) is 5.95 Å². The fourth-order valence-electron chi connectivity index (χ4n) is 3.01. The second-order valence-corrected chi connectivity index (χ2v) is 8.83. The lowest BCUT2D eigenvalue weighted by atomic mass is 10.2. The zero-order valence-electron chi connectivity index (χ0n) is 14.2. The molecule has 0 amide bonds. The number of anilines is 3. The Labute approximate surface area is 153 Å². The Hall–Kier alpha value is -1.86. The van der Waals surface area contributed by atoms with Crippen molar-refractivity contribution in [3.8, 4) is 0 Å². The highest BCUT2D eigenvalue weighted by Crippen LogP contribution is 2.25. The van der Waals surface area contributed by atoms with Crippen LogP contribution in [0, 0.1) is 6.92 Å². The first-order chi connectivity index (χ1) is 11.9. The van der Waals surface area contributed by atoms with Crippen LogP contribution >= 0.6 is 11.6 Å². The average Bonchev–Trinajstić information content (AvgIpc) is 2.92. The monoisotopic (exact) mass is 380 g/mol. The summed E-state index contributed by atoms with van der Waals surface area (Å²) in [6.45, 7) is 4.62. The number of aromatic nitrogens is 2. The molecule has 1 aromatic carbocycles. The lowest BCUT2D eigenvalue weighted by Gasteiger charge is -2.27. The van der Waals surface area contributed by atoms with Crippen LogP contribution in [0.1, 0.15) is 18.9 Å².